The highest BCUT2D eigenvalue weighted by Gasteiger charge is 2.20. The van der Waals surface area contributed by atoms with Crippen molar-refractivity contribution in [2.45, 2.75) is 0 Å². The molecule has 9 aromatic rings. The monoisotopic (exact) mass is 593 g/mol. The van der Waals surface area contributed by atoms with Gasteiger partial charge in [0, 0.05) is 42.3 Å². The van der Waals surface area contributed by atoms with Crippen LogP contribution in [0.3, 0.4) is 0 Å². The SMILES string of the molecule is c1ccc(-c2ccc(N(c3ccc(-c4cccc5c4sc4ccccc45)cc3)c3cccc4c3oc3ccccc34)cc2)cc1. The molecule has 3 heteroatoms. The topological polar surface area (TPSA) is 16.4 Å². The quantitative estimate of drug-likeness (QED) is 0.197. The predicted molar refractivity (Wildman–Crippen MR) is 192 cm³/mol. The Bertz CT molecular complexity index is 2470. The first-order valence-corrected chi connectivity index (χ1v) is 16.0. The van der Waals surface area contributed by atoms with Crippen molar-refractivity contribution in [3.05, 3.63) is 164 Å². The van der Waals surface area contributed by atoms with E-state index in [0.29, 0.717) is 0 Å². The second-order valence-electron chi connectivity index (χ2n) is 11.3. The largest absolute Gasteiger partial charge is 0.454 e. The van der Waals surface area contributed by atoms with Crippen molar-refractivity contribution in [1.82, 2.24) is 0 Å². The molecule has 2 aromatic heterocycles. The fraction of sp³-hybridized carbons (Fsp3) is 0. The van der Waals surface area contributed by atoms with Gasteiger partial charge in [0.1, 0.15) is 5.58 Å². The van der Waals surface area contributed by atoms with E-state index in [9.17, 15) is 0 Å². The van der Waals surface area contributed by atoms with Crippen LogP contribution in [0, 0.1) is 0 Å². The molecule has 0 aliphatic heterocycles. The Hall–Kier alpha value is -5.64. The molecule has 212 valence electrons. The number of nitrogens with zero attached hydrogens (tertiary/aromatic N) is 1. The molecule has 0 fully saturated rings. The molecule has 0 radical (unpaired) electrons. The van der Waals surface area contributed by atoms with Crippen LogP contribution in [-0.4, -0.2) is 0 Å². The summed E-state index contributed by atoms with van der Waals surface area (Å²) in [5.74, 6) is 0. The van der Waals surface area contributed by atoms with Gasteiger partial charge in [-0.2, -0.15) is 0 Å². The van der Waals surface area contributed by atoms with E-state index >= 15 is 0 Å². The number of benzene rings is 7. The third kappa shape index (κ3) is 4.32. The molecular formula is C42H27NOS. The summed E-state index contributed by atoms with van der Waals surface area (Å²) in [5.41, 5.74) is 9.79. The van der Waals surface area contributed by atoms with Crippen LogP contribution in [0.4, 0.5) is 17.1 Å². The Balaban J connectivity index is 1.19. The van der Waals surface area contributed by atoms with Crippen molar-refractivity contribution in [3.63, 3.8) is 0 Å². The fourth-order valence-electron chi connectivity index (χ4n) is 6.53. The minimum absolute atomic E-state index is 0.880. The van der Waals surface area contributed by atoms with Gasteiger partial charge in [0.15, 0.2) is 5.58 Å². The van der Waals surface area contributed by atoms with Crippen molar-refractivity contribution in [3.8, 4) is 22.3 Å². The third-order valence-electron chi connectivity index (χ3n) is 8.70. The van der Waals surface area contributed by atoms with E-state index in [-0.39, 0.29) is 0 Å². The van der Waals surface area contributed by atoms with E-state index < -0.39 is 0 Å². The summed E-state index contributed by atoms with van der Waals surface area (Å²) in [4.78, 5) is 2.31. The minimum Gasteiger partial charge on any atom is -0.454 e. The van der Waals surface area contributed by atoms with Crippen molar-refractivity contribution in [2.24, 2.45) is 0 Å². The van der Waals surface area contributed by atoms with Crippen LogP contribution in [0.5, 0.6) is 0 Å². The molecule has 0 amide bonds. The fourth-order valence-corrected chi connectivity index (χ4v) is 7.77. The Morgan fingerprint density at radius 2 is 1.02 bits per heavy atom. The molecule has 0 bridgehead atoms. The number of furan rings is 1. The lowest BCUT2D eigenvalue weighted by Gasteiger charge is -2.26. The molecule has 0 N–H and O–H groups in total. The van der Waals surface area contributed by atoms with E-state index in [0.717, 1.165) is 39.0 Å². The number of rotatable bonds is 5. The van der Waals surface area contributed by atoms with Crippen LogP contribution in [0.2, 0.25) is 0 Å². The lowest BCUT2D eigenvalue weighted by molar-refractivity contribution is 0.669. The van der Waals surface area contributed by atoms with Gasteiger partial charge < -0.3 is 9.32 Å². The lowest BCUT2D eigenvalue weighted by atomic mass is 10.0. The minimum atomic E-state index is 0.880. The number of anilines is 3. The number of fused-ring (bicyclic) bond motifs is 6. The first kappa shape index (κ1) is 25.8. The van der Waals surface area contributed by atoms with Crippen molar-refractivity contribution < 1.29 is 4.42 Å². The number of hydrogen-bond donors (Lipinski definition) is 0. The van der Waals surface area contributed by atoms with Crippen LogP contribution < -0.4 is 4.90 Å². The van der Waals surface area contributed by atoms with Crippen molar-refractivity contribution in [1.29, 1.82) is 0 Å². The number of hydrogen-bond acceptors (Lipinski definition) is 3. The maximum atomic E-state index is 6.53. The van der Waals surface area contributed by atoms with Crippen LogP contribution in [-0.2, 0) is 0 Å². The van der Waals surface area contributed by atoms with E-state index in [2.05, 4.69) is 157 Å². The molecule has 0 atom stereocenters. The van der Waals surface area contributed by atoms with Crippen molar-refractivity contribution >= 4 is 70.5 Å². The zero-order chi connectivity index (χ0) is 29.7. The summed E-state index contributed by atoms with van der Waals surface area (Å²) in [6, 6.07) is 58.3. The van der Waals surface area contributed by atoms with E-state index in [1.807, 2.05) is 23.5 Å². The first-order chi connectivity index (χ1) is 22.3. The van der Waals surface area contributed by atoms with Gasteiger partial charge in [-0.1, -0.05) is 121 Å². The zero-order valence-corrected chi connectivity index (χ0v) is 25.2. The summed E-state index contributed by atoms with van der Waals surface area (Å²) in [7, 11) is 0. The number of thiophene rings is 1. The molecule has 2 nitrogen and oxygen atoms in total. The van der Waals surface area contributed by atoms with Crippen molar-refractivity contribution in [2.75, 3.05) is 4.90 Å². The van der Waals surface area contributed by atoms with Crippen LogP contribution in [0.25, 0.3) is 64.4 Å². The van der Waals surface area contributed by atoms with Gasteiger partial charge in [-0.15, -0.1) is 11.3 Å². The summed E-state index contributed by atoms with van der Waals surface area (Å²) in [5, 5.41) is 4.87. The maximum Gasteiger partial charge on any atom is 0.159 e. The molecule has 45 heavy (non-hydrogen) atoms. The molecule has 2 heterocycles. The Labute approximate surface area is 265 Å². The van der Waals surface area contributed by atoms with Crippen LogP contribution in [0.1, 0.15) is 0 Å². The lowest BCUT2D eigenvalue weighted by Crippen LogP contribution is -2.10. The normalized spacial score (nSPS) is 11.6. The Morgan fingerprint density at radius 1 is 0.422 bits per heavy atom. The summed E-state index contributed by atoms with van der Waals surface area (Å²) in [6.07, 6.45) is 0. The second-order valence-corrected chi connectivity index (χ2v) is 12.4. The molecule has 0 spiro atoms. The van der Waals surface area contributed by atoms with Gasteiger partial charge in [-0.05, 0) is 64.7 Å². The molecule has 9 rings (SSSR count). The highest BCUT2D eigenvalue weighted by atomic mass is 32.1. The third-order valence-corrected chi connectivity index (χ3v) is 9.92. The summed E-state index contributed by atoms with van der Waals surface area (Å²) in [6.45, 7) is 0. The van der Waals surface area contributed by atoms with Gasteiger partial charge in [0.2, 0.25) is 0 Å². The van der Waals surface area contributed by atoms with Crippen LogP contribution in [0.15, 0.2) is 168 Å². The molecular weight excluding hydrogens is 567 g/mol. The van der Waals surface area contributed by atoms with Gasteiger partial charge in [-0.25, -0.2) is 0 Å². The molecule has 0 unspecified atom stereocenters. The van der Waals surface area contributed by atoms with Gasteiger partial charge >= 0.3 is 0 Å². The smallest absolute Gasteiger partial charge is 0.159 e. The zero-order valence-electron chi connectivity index (χ0n) is 24.4. The average Bonchev–Trinajstić information content (AvgIpc) is 3.69. The van der Waals surface area contributed by atoms with Gasteiger partial charge in [-0.3, -0.25) is 0 Å². The van der Waals surface area contributed by atoms with Crippen LogP contribution >= 0.6 is 11.3 Å². The Morgan fingerprint density at radius 3 is 1.82 bits per heavy atom. The molecule has 0 aliphatic carbocycles. The maximum absolute atomic E-state index is 6.53. The molecule has 0 saturated heterocycles. The Kier molecular flexibility index (Phi) is 6.03. The molecule has 0 aliphatic rings. The van der Waals surface area contributed by atoms with E-state index in [1.165, 1.54) is 42.4 Å². The highest BCUT2D eigenvalue weighted by Crippen LogP contribution is 2.44. The standard InChI is InChI=1S/C42H27NOS/c1-2-10-28(11-3-1)29-20-24-31(25-21-29)43(38-17-9-15-36-34-12-4-6-18-39(34)44-41(36)38)32-26-22-30(23-27-32)33-14-8-16-37-35-13-5-7-19-40(35)45-42(33)37/h1-27H. The summed E-state index contributed by atoms with van der Waals surface area (Å²) >= 11 is 1.87. The first-order valence-electron chi connectivity index (χ1n) is 15.2. The summed E-state index contributed by atoms with van der Waals surface area (Å²) < 4.78 is 9.18. The van der Waals surface area contributed by atoms with E-state index in [1.54, 1.807) is 0 Å². The molecule has 0 saturated carbocycles. The predicted octanol–water partition coefficient (Wildman–Crippen LogP) is 12.8. The van der Waals surface area contributed by atoms with E-state index in [4.69, 9.17) is 4.42 Å². The second kappa shape index (κ2) is 10.5. The highest BCUT2D eigenvalue weighted by molar-refractivity contribution is 7.26. The average molecular weight is 594 g/mol. The van der Waals surface area contributed by atoms with Gasteiger partial charge in [0.05, 0.1) is 5.69 Å². The number of para-hydroxylation sites is 2. The molecule has 7 aromatic carbocycles. The van der Waals surface area contributed by atoms with Gasteiger partial charge in [0.25, 0.3) is 0 Å².